The third-order valence-corrected chi connectivity index (χ3v) is 1.31. The maximum Gasteiger partial charge on any atom is 0.354 e. The van der Waals surface area contributed by atoms with Gasteiger partial charge in [-0.25, -0.2) is 4.79 Å². The Hall–Kier alpha value is -1.78. The van der Waals surface area contributed by atoms with E-state index in [0.717, 1.165) is 0 Å². The molecule has 0 bridgehead atoms. The fourth-order valence-electron chi connectivity index (χ4n) is 0.778. The lowest BCUT2D eigenvalue weighted by Crippen LogP contribution is -2.01. The molecular weight excluding hydrogens is 160 g/mol. The van der Waals surface area contributed by atoms with E-state index in [1.54, 1.807) is 12.1 Å². The van der Waals surface area contributed by atoms with Gasteiger partial charge in [-0.2, -0.15) is 0 Å². The molecule has 0 unspecified atom stereocenters. The Morgan fingerprint density at radius 3 is 3.08 bits per heavy atom. The first-order chi connectivity index (χ1) is 5.77. The van der Waals surface area contributed by atoms with Gasteiger partial charge in [0.25, 0.3) is 0 Å². The number of methoxy groups -OCH3 is 1. The number of nitrogens with one attached hydrogen (secondary N) is 1. The van der Waals surface area contributed by atoms with Crippen LogP contribution in [0.15, 0.2) is 17.3 Å². The average molecular weight is 168 g/mol. The monoisotopic (exact) mass is 168 g/mol. The van der Waals surface area contributed by atoms with Crippen molar-refractivity contribution >= 4 is 12.2 Å². The number of aromatic amines is 1. The quantitative estimate of drug-likeness (QED) is 0.294. The summed E-state index contributed by atoms with van der Waals surface area (Å²) in [5, 5.41) is 11.0. The lowest BCUT2D eigenvalue weighted by atomic mass is 10.4. The molecule has 12 heavy (non-hydrogen) atoms. The molecule has 0 aliphatic carbocycles. The second-order valence-electron chi connectivity index (χ2n) is 2.06. The minimum Gasteiger partial charge on any atom is -0.464 e. The van der Waals surface area contributed by atoms with E-state index >= 15 is 0 Å². The molecule has 5 heteroatoms. The van der Waals surface area contributed by atoms with Crippen LogP contribution in [0.5, 0.6) is 0 Å². The normalized spacial score (nSPS) is 10.4. The molecule has 0 aliphatic heterocycles. The highest BCUT2D eigenvalue weighted by Gasteiger charge is 2.06. The maximum atomic E-state index is 10.9. The number of H-pyrrole nitrogens is 1. The third kappa shape index (κ3) is 1.63. The number of hydrogen-bond donors (Lipinski definition) is 2. The molecule has 1 aromatic rings. The first-order valence-corrected chi connectivity index (χ1v) is 3.22. The number of nitrogens with zero attached hydrogens (tertiary/aromatic N) is 1. The zero-order chi connectivity index (χ0) is 8.97. The van der Waals surface area contributed by atoms with Crippen LogP contribution in [-0.2, 0) is 4.74 Å². The number of rotatable bonds is 2. The first-order valence-electron chi connectivity index (χ1n) is 3.22. The molecule has 0 aromatic carbocycles. The molecule has 0 saturated heterocycles. The standard InChI is InChI=1S/C7H8N2O3/c1-12-7(10)6-3-2-5(9-6)4-8-11/h2-4,9,11H,1H3. The summed E-state index contributed by atoms with van der Waals surface area (Å²) >= 11 is 0. The molecule has 0 amide bonds. The summed E-state index contributed by atoms with van der Waals surface area (Å²) in [4.78, 5) is 13.6. The number of ether oxygens (including phenoxy) is 1. The second-order valence-corrected chi connectivity index (χ2v) is 2.06. The summed E-state index contributed by atoms with van der Waals surface area (Å²) in [7, 11) is 1.29. The van der Waals surface area contributed by atoms with Crippen LogP contribution in [0.1, 0.15) is 16.2 Å². The van der Waals surface area contributed by atoms with Gasteiger partial charge in [-0.3, -0.25) is 0 Å². The largest absolute Gasteiger partial charge is 0.464 e. The molecule has 0 spiro atoms. The third-order valence-electron chi connectivity index (χ3n) is 1.31. The van der Waals surface area contributed by atoms with Crippen molar-refractivity contribution in [2.45, 2.75) is 0 Å². The highest BCUT2D eigenvalue weighted by molar-refractivity contribution is 5.89. The van der Waals surface area contributed by atoms with Crippen LogP contribution < -0.4 is 0 Å². The van der Waals surface area contributed by atoms with Gasteiger partial charge in [-0.15, -0.1) is 0 Å². The number of esters is 1. The van der Waals surface area contributed by atoms with E-state index in [9.17, 15) is 4.79 Å². The molecule has 5 nitrogen and oxygen atoms in total. The predicted molar refractivity (Wildman–Crippen MR) is 41.5 cm³/mol. The van der Waals surface area contributed by atoms with E-state index < -0.39 is 5.97 Å². The van der Waals surface area contributed by atoms with Gasteiger partial charge < -0.3 is 14.9 Å². The van der Waals surface area contributed by atoms with Crippen molar-refractivity contribution in [2.24, 2.45) is 5.16 Å². The highest BCUT2D eigenvalue weighted by atomic mass is 16.5. The van der Waals surface area contributed by atoms with E-state index in [0.29, 0.717) is 11.4 Å². The molecule has 64 valence electrons. The number of carbonyl (C=O) groups is 1. The topological polar surface area (TPSA) is 74.7 Å². The van der Waals surface area contributed by atoms with Gasteiger partial charge in [0.2, 0.25) is 0 Å². The van der Waals surface area contributed by atoms with Crippen molar-refractivity contribution < 1.29 is 14.7 Å². The lowest BCUT2D eigenvalue weighted by Gasteiger charge is -1.92. The number of carbonyl (C=O) groups excluding carboxylic acids is 1. The molecule has 1 aromatic heterocycles. The first kappa shape index (κ1) is 8.32. The van der Waals surface area contributed by atoms with Crippen molar-refractivity contribution in [3.8, 4) is 0 Å². The highest BCUT2D eigenvalue weighted by Crippen LogP contribution is 2.00. The van der Waals surface area contributed by atoms with Crippen LogP contribution in [0.4, 0.5) is 0 Å². The maximum absolute atomic E-state index is 10.9. The molecule has 2 N–H and O–H groups in total. The Morgan fingerprint density at radius 2 is 2.50 bits per heavy atom. The summed E-state index contributed by atoms with van der Waals surface area (Å²) in [5.74, 6) is -0.451. The Labute approximate surface area is 68.7 Å². The van der Waals surface area contributed by atoms with Crippen LogP contribution in [0.25, 0.3) is 0 Å². The van der Waals surface area contributed by atoms with Gasteiger partial charge in [0.15, 0.2) is 0 Å². The van der Waals surface area contributed by atoms with Gasteiger partial charge in [0.05, 0.1) is 19.0 Å². The molecule has 0 fully saturated rings. The number of aromatic nitrogens is 1. The van der Waals surface area contributed by atoms with Crippen LogP contribution in [-0.4, -0.2) is 29.5 Å². The van der Waals surface area contributed by atoms with Crippen molar-refractivity contribution in [1.82, 2.24) is 4.98 Å². The Balaban J connectivity index is 2.84. The van der Waals surface area contributed by atoms with Gasteiger partial charge in [-0.1, -0.05) is 5.16 Å². The van der Waals surface area contributed by atoms with E-state index in [1.807, 2.05) is 0 Å². The van der Waals surface area contributed by atoms with Crippen LogP contribution in [0.2, 0.25) is 0 Å². The number of hydrogen-bond acceptors (Lipinski definition) is 4. The summed E-state index contributed by atoms with van der Waals surface area (Å²) < 4.78 is 4.45. The van der Waals surface area contributed by atoms with Crippen molar-refractivity contribution in [1.29, 1.82) is 0 Å². The predicted octanol–water partition coefficient (Wildman–Crippen LogP) is 0.609. The Kier molecular flexibility index (Phi) is 2.47. The summed E-state index contributed by atoms with van der Waals surface area (Å²) in [6.45, 7) is 0. The van der Waals surface area contributed by atoms with Crippen LogP contribution >= 0.6 is 0 Å². The zero-order valence-corrected chi connectivity index (χ0v) is 6.44. The molecule has 0 aliphatic rings. The van der Waals surface area contributed by atoms with Crippen LogP contribution in [0.3, 0.4) is 0 Å². The second kappa shape index (κ2) is 3.56. The average Bonchev–Trinajstić information content (AvgIpc) is 2.52. The van der Waals surface area contributed by atoms with Crippen molar-refractivity contribution in [2.75, 3.05) is 7.11 Å². The minimum atomic E-state index is -0.451. The lowest BCUT2D eigenvalue weighted by molar-refractivity contribution is 0.0595. The van der Waals surface area contributed by atoms with E-state index in [1.165, 1.54) is 13.3 Å². The van der Waals surface area contributed by atoms with Crippen molar-refractivity contribution in [3.63, 3.8) is 0 Å². The van der Waals surface area contributed by atoms with E-state index in [-0.39, 0.29) is 0 Å². The van der Waals surface area contributed by atoms with Gasteiger partial charge >= 0.3 is 5.97 Å². The number of oxime groups is 1. The zero-order valence-electron chi connectivity index (χ0n) is 6.44. The van der Waals surface area contributed by atoms with E-state index in [4.69, 9.17) is 5.21 Å². The van der Waals surface area contributed by atoms with Gasteiger partial charge in [0, 0.05) is 0 Å². The molecule has 1 heterocycles. The molecular formula is C7H8N2O3. The summed E-state index contributed by atoms with van der Waals surface area (Å²) in [5.41, 5.74) is 0.866. The fourth-order valence-corrected chi connectivity index (χ4v) is 0.778. The summed E-state index contributed by atoms with van der Waals surface area (Å²) in [6.07, 6.45) is 1.19. The molecule has 0 atom stereocenters. The molecule has 0 radical (unpaired) electrons. The SMILES string of the molecule is COC(=O)c1ccc(C=NO)[nH]1. The Bertz CT molecular complexity index is 303. The Morgan fingerprint density at radius 1 is 1.75 bits per heavy atom. The van der Waals surface area contributed by atoms with Crippen LogP contribution in [0, 0.1) is 0 Å². The fraction of sp³-hybridized carbons (Fsp3) is 0.143. The van der Waals surface area contributed by atoms with Crippen molar-refractivity contribution in [3.05, 3.63) is 23.5 Å². The molecule has 1 rings (SSSR count). The summed E-state index contributed by atoms with van der Waals surface area (Å²) in [6, 6.07) is 3.15. The smallest absolute Gasteiger partial charge is 0.354 e. The molecule has 0 saturated carbocycles. The van der Waals surface area contributed by atoms with Gasteiger partial charge in [0.1, 0.15) is 5.69 Å². The minimum absolute atomic E-state index is 0.326. The van der Waals surface area contributed by atoms with Gasteiger partial charge in [-0.05, 0) is 12.1 Å². The van der Waals surface area contributed by atoms with E-state index in [2.05, 4.69) is 14.9 Å².